The summed E-state index contributed by atoms with van der Waals surface area (Å²) in [7, 11) is 1.65. The average molecular weight is 416 g/mol. The van der Waals surface area contributed by atoms with Crippen LogP contribution in [-0.4, -0.2) is 42.5 Å². The standard InChI is InChI=1S/C22H25FN2O5/c1-29-18-6-4-16(5-7-18)2-3-17-10-12-24(13-11-17)22(26)15-30-19-8-9-21(25(27)28)20(23)14-19/h4-9,14,17H,2-3,10-13,15H2,1H3. The van der Waals surface area contributed by atoms with Crippen LogP contribution in [0.4, 0.5) is 10.1 Å². The second-order valence-corrected chi connectivity index (χ2v) is 7.37. The molecule has 0 unspecified atom stereocenters. The molecule has 160 valence electrons. The molecule has 0 spiro atoms. The number of carbonyl (C=O) groups is 1. The van der Waals surface area contributed by atoms with Gasteiger partial charge in [-0.1, -0.05) is 12.1 Å². The topological polar surface area (TPSA) is 81.9 Å². The number of nitro groups is 1. The smallest absolute Gasteiger partial charge is 0.305 e. The highest BCUT2D eigenvalue weighted by Crippen LogP contribution is 2.24. The zero-order chi connectivity index (χ0) is 21.5. The fourth-order valence-corrected chi connectivity index (χ4v) is 3.60. The van der Waals surface area contributed by atoms with Gasteiger partial charge in [0.15, 0.2) is 6.61 Å². The van der Waals surface area contributed by atoms with Crippen molar-refractivity contribution in [3.63, 3.8) is 0 Å². The number of hydrogen-bond acceptors (Lipinski definition) is 5. The maximum Gasteiger partial charge on any atom is 0.305 e. The van der Waals surface area contributed by atoms with E-state index in [4.69, 9.17) is 9.47 Å². The molecule has 7 nitrogen and oxygen atoms in total. The number of likely N-dealkylation sites (tertiary alicyclic amines) is 1. The van der Waals surface area contributed by atoms with Crippen LogP contribution in [0, 0.1) is 21.8 Å². The summed E-state index contributed by atoms with van der Waals surface area (Å²) in [5.41, 5.74) is 0.656. The predicted molar refractivity (Wildman–Crippen MR) is 109 cm³/mol. The first kappa shape index (κ1) is 21.5. The summed E-state index contributed by atoms with van der Waals surface area (Å²) in [6, 6.07) is 11.3. The third-order valence-electron chi connectivity index (χ3n) is 5.45. The Labute approximate surface area is 174 Å². The van der Waals surface area contributed by atoms with Crippen LogP contribution >= 0.6 is 0 Å². The molecule has 3 rings (SSSR count). The largest absolute Gasteiger partial charge is 0.497 e. The predicted octanol–water partition coefficient (Wildman–Crippen LogP) is 3.99. The van der Waals surface area contributed by atoms with Crippen LogP contribution < -0.4 is 9.47 Å². The average Bonchev–Trinajstić information content (AvgIpc) is 2.76. The van der Waals surface area contributed by atoms with Gasteiger partial charge in [0.1, 0.15) is 11.5 Å². The molecular weight excluding hydrogens is 391 g/mol. The van der Waals surface area contributed by atoms with Gasteiger partial charge in [-0.25, -0.2) is 0 Å². The Hall–Kier alpha value is -3.16. The number of halogens is 1. The molecule has 1 fully saturated rings. The molecule has 0 saturated carbocycles. The number of benzene rings is 2. The maximum absolute atomic E-state index is 13.6. The number of piperidine rings is 1. The van der Waals surface area contributed by atoms with Crippen LogP contribution in [0.2, 0.25) is 0 Å². The monoisotopic (exact) mass is 416 g/mol. The van der Waals surface area contributed by atoms with E-state index in [1.807, 2.05) is 12.1 Å². The molecule has 0 N–H and O–H groups in total. The van der Waals surface area contributed by atoms with Crippen LogP contribution in [-0.2, 0) is 11.2 Å². The lowest BCUT2D eigenvalue weighted by Crippen LogP contribution is -2.41. The Bertz CT molecular complexity index is 880. The lowest BCUT2D eigenvalue weighted by atomic mass is 9.90. The van der Waals surface area contributed by atoms with E-state index < -0.39 is 16.4 Å². The van der Waals surface area contributed by atoms with Crippen molar-refractivity contribution in [1.82, 2.24) is 4.90 Å². The van der Waals surface area contributed by atoms with Crippen LogP contribution in [0.1, 0.15) is 24.8 Å². The van der Waals surface area contributed by atoms with E-state index in [-0.39, 0.29) is 18.3 Å². The van der Waals surface area contributed by atoms with E-state index in [0.29, 0.717) is 19.0 Å². The number of rotatable bonds is 8. The fourth-order valence-electron chi connectivity index (χ4n) is 3.60. The number of aryl methyl sites for hydroxylation is 1. The highest BCUT2D eigenvalue weighted by molar-refractivity contribution is 5.77. The van der Waals surface area contributed by atoms with E-state index in [0.717, 1.165) is 43.6 Å². The van der Waals surface area contributed by atoms with Gasteiger partial charge in [0, 0.05) is 25.2 Å². The number of carbonyl (C=O) groups excluding carboxylic acids is 1. The Kier molecular flexibility index (Phi) is 7.21. The van der Waals surface area contributed by atoms with Crippen LogP contribution in [0.25, 0.3) is 0 Å². The first-order valence-electron chi connectivity index (χ1n) is 9.93. The second-order valence-electron chi connectivity index (χ2n) is 7.37. The molecule has 0 aliphatic carbocycles. The normalized spacial score (nSPS) is 14.4. The Morgan fingerprint density at radius 1 is 1.17 bits per heavy atom. The minimum Gasteiger partial charge on any atom is -0.497 e. The van der Waals surface area contributed by atoms with Gasteiger partial charge in [-0.3, -0.25) is 14.9 Å². The van der Waals surface area contributed by atoms with Crippen molar-refractivity contribution in [2.45, 2.75) is 25.7 Å². The molecule has 1 heterocycles. The van der Waals surface area contributed by atoms with E-state index in [1.165, 1.54) is 11.6 Å². The molecule has 0 radical (unpaired) electrons. The van der Waals surface area contributed by atoms with Crippen molar-refractivity contribution in [2.24, 2.45) is 5.92 Å². The number of ether oxygens (including phenoxy) is 2. The molecule has 1 saturated heterocycles. The minimum atomic E-state index is -0.984. The van der Waals surface area contributed by atoms with Crippen molar-refractivity contribution in [1.29, 1.82) is 0 Å². The quantitative estimate of drug-likeness (QED) is 0.480. The Morgan fingerprint density at radius 3 is 2.43 bits per heavy atom. The number of amides is 1. The molecule has 1 aliphatic heterocycles. The number of methoxy groups -OCH3 is 1. The number of nitrogens with zero attached hydrogens (tertiary/aromatic N) is 2. The summed E-state index contributed by atoms with van der Waals surface area (Å²) in [4.78, 5) is 24.0. The van der Waals surface area contributed by atoms with Crippen molar-refractivity contribution in [3.05, 3.63) is 64.0 Å². The lowest BCUT2D eigenvalue weighted by Gasteiger charge is -2.32. The van der Waals surface area contributed by atoms with Gasteiger partial charge >= 0.3 is 5.69 Å². The molecule has 1 amide bonds. The molecule has 0 atom stereocenters. The first-order chi connectivity index (χ1) is 14.5. The Morgan fingerprint density at radius 2 is 1.83 bits per heavy atom. The summed E-state index contributed by atoms with van der Waals surface area (Å²) < 4.78 is 24.1. The highest BCUT2D eigenvalue weighted by atomic mass is 19.1. The zero-order valence-electron chi connectivity index (χ0n) is 16.9. The van der Waals surface area contributed by atoms with Crippen molar-refractivity contribution < 1.29 is 23.6 Å². The molecule has 2 aromatic carbocycles. The third-order valence-corrected chi connectivity index (χ3v) is 5.45. The molecule has 0 bridgehead atoms. The molecule has 8 heteroatoms. The van der Waals surface area contributed by atoms with Gasteiger partial charge in [0.25, 0.3) is 5.91 Å². The van der Waals surface area contributed by atoms with Crippen LogP contribution in [0.3, 0.4) is 0 Å². The van der Waals surface area contributed by atoms with E-state index >= 15 is 0 Å². The first-order valence-corrected chi connectivity index (χ1v) is 9.93. The van der Waals surface area contributed by atoms with Gasteiger partial charge in [-0.15, -0.1) is 0 Å². The van der Waals surface area contributed by atoms with Gasteiger partial charge in [0.05, 0.1) is 12.0 Å². The van der Waals surface area contributed by atoms with Gasteiger partial charge in [0.2, 0.25) is 5.82 Å². The van der Waals surface area contributed by atoms with E-state index in [2.05, 4.69) is 12.1 Å². The highest BCUT2D eigenvalue weighted by Gasteiger charge is 2.23. The lowest BCUT2D eigenvalue weighted by molar-refractivity contribution is -0.387. The molecular formula is C22H25FN2O5. The van der Waals surface area contributed by atoms with Gasteiger partial charge in [-0.05, 0) is 55.4 Å². The van der Waals surface area contributed by atoms with Crippen LogP contribution in [0.15, 0.2) is 42.5 Å². The van der Waals surface area contributed by atoms with Gasteiger partial charge in [-0.2, -0.15) is 4.39 Å². The Balaban J connectivity index is 1.40. The van der Waals surface area contributed by atoms with Crippen molar-refractivity contribution in [3.8, 4) is 11.5 Å². The summed E-state index contributed by atoms with van der Waals surface area (Å²) in [5, 5.41) is 10.6. The van der Waals surface area contributed by atoms with Gasteiger partial charge < -0.3 is 14.4 Å². The molecule has 1 aliphatic rings. The third kappa shape index (κ3) is 5.68. The number of nitro benzene ring substituents is 1. The van der Waals surface area contributed by atoms with E-state index in [9.17, 15) is 19.3 Å². The van der Waals surface area contributed by atoms with Crippen LogP contribution in [0.5, 0.6) is 11.5 Å². The second kappa shape index (κ2) is 10.0. The maximum atomic E-state index is 13.6. The zero-order valence-corrected chi connectivity index (χ0v) is 16.9. The SMILES string of the molecule is COc1ccc(CCC2CCN(C(=O)COc3ccc([N+](=O)[O-])c(F)c3)CC2)cc1. The fraction of sp³-hybridized carbons (Fsp3) is 0.409. The van der Waals surface area contributed by atoms with Crippen molar-refractivity contribution in [2.75, 3.05) is 26.8 Å². The summed E-state index contributed by atoms with van der Waals surface area (Å²) in [5.74, 6) is 0.371. The minimum absolute atomic E-state index is 0.0980. The molecule has 2 aromatic rings. The molecule has 30 heavy (non-hydrogen) atoms. The molecule has 0 aromatic heterocycles. The summed E-state index contributed by atoms with van der Waals surface area (Å²) in [6.45, 7) is 1.13. The summed E-state index contributed by atoms with van der Waals surface area (Å²) >= 11 is 0. The van der Waals surface area contributed by atoms with Crippen molar-refractivity contribution >= 4 is 11.6 Å². The van der Waals surface area contributed by atoms with E-state index in [1.54, 1.807) is 12.0 Å². The number of hydrogen-bond donors (Lipinski definition) is 0. The summed E-state index contributed by atoms with van der Waals surface area (Å²) in [6.07, 6.45) is 3.95.